The average molecular weight is 265 g/mol. The van der Waals surface area contributed by atoms with E-state index in [9.17, 15) is 4.79 Å². The van der Waals surface area contributed by atoms with Gasteiger partial charge in [-0.15, -0.1) is 0 Å². The molecule has 0 radical (unpaired) electrons. The predicted molar refractivity (Wildman–Crippen MR) is 69.9 cm³/mol. The smallest absolute Gasteiger partial charge is 0.406 e. The molecule has 0 heterocycles. The summed E-state index contributed by atoms with van der Waals surface area (Å²) in [6, 6.07) is 0. The third kappa shape index (κ3) is 17.5. The number of hydrogen-bond acceptors (Lipinski definition) is 5. The Hall–Kier alpha value is -0.850. The maximum atomic E-state index is 10.6. The molecular weight excluding hydrogens is 238 g/mol. The number of methoxy groups -OCH3 is 1. The van der Waals surface area contributed by atoms with Gasteiger partial charge in [0.05, 0.1) is 40.1 Å². The summed E-state index contributed by atoms with van der Waals surface area (Å²) in [5.41, 5.74) is 0. The number of rotatable bonds is 10. The number of carbonyl (C=O) groups excluding carboxylic acids is 1. The van der Waals surface area contributed by atoms with Gasteiger partial charge in [0.1, 0.15) is 0 Å². The molecular formula is C12H27NO5. The van der Waals surface area contributed by atoms with Crippen LogP contribution in [-0.2, 0) is 18.9 Å². The monoisotopic (exact) mass is 265 g/mol. The van der Waals surface area contributed by atoms with Gasteiger partial charge in [-0.3, -0.25) is 0 Å². The molecule has 110 valence electrons. The first kappa shape index (κ1) is 19.5. The van der Waals surface area contributed by atoms with Crippen LogP contribution in [0.15, 0.2) is 0 Å². The maximum absolute atomic E-state index is 10.6. The Bertz CT molecular complexity index is 167. The average Bonchev–Trinajstić information content (AvgIpc) is 2.42. The van der Waals surface area contributed by atoms with Crippen molar-refractivity contribution in [3.8, 4) is 0 Å². The highest BCUT2D eigenvalue weighted by Gasteiger charge is 1.96. The van der Waals surface area contributed by atoms with Crippen molar-refractivity contribution >= 4 is 6.09 Å². The van der Waals surface area contributed by atoms with Crippen LogP contribution in [-0.4, -0.2) is 59.4 Å². The van der Waals surface area contributed by atoms with Gasteiger partial charge in [0.15, 0.2) is 0 Å². The van der Waals surface area contributed by atoms with Gasteiger partial charge in [0.25, 0.3) is 0 Å². The normalized spacial score (nSPS) is 9.33. The maximum Gasteiger partial charge on any atom is 0.406 e. The molecule has 0 aliphatic heterocycles. The highest BCUT2D eigenvalue weighted by atomic mass is 16.5. The summed E-state index contributed by atoms with van der Waals surface area (Å²) in [5, 5.41) is 2.50. The lowest BCUT2D eigenvalue weighted by atomic mass is 10.6. The molecule has 0 bridgehead atoms. The van der Waals surface area contributed by atoms with E-state index in [1.54, 1.807) is 0 Å². The number of ether oxygens (including phenoxy) is 4. The summed E-state index contributed by atoms with van der Waals surface area (Å²) >= 11 is 0. The van der Waals surface area contributed by atoms with Gasteiger partial charge in [0, 0.05) is 13.2 Å². The molecule has 0 aromatic rings. The Morgan fingerprint density at radius 2 is 1.44 bits per heavy atom. The molecule has 6 nitrogen and oxygen atoms in total. The second kappa shape index (κ2) is 18.5. The number of alkyl carbamates (subject to hydrolysis) is 1. The number of carbonyl (C=O) groups is 1. The zero-order valence-corrected chi connectivity index (χ0v) is 12.0. The molecule has 0 saturated carbocycles. The number of hydrogen-bond donors (Lipinski definition) is 1. The van der Waals surface area contributed by atoms with E-state index in [1.807, 2.05) is 20.8 Å². The van der Waals surface area contributed by atoms with Gasteiger partial charge in [-0.2, -0.15) is 0 Å². The summed E-state index contributed by atoms with van der Waals surface area (Å²) in [4.78, 5) is 10.6. The van der Waals surface area contributed by atoms with E-state index >= 15 is 0 Å². The Morgan fingerprint density at radius 3 is 1.94 bits per heavy atom. The lowest BCUT2D eigenvalue weighted by molar-refractivity contribution is 0.0176. The number of nitrogens with one attached hydrogen (secondary N) is 1. The molecule has 0 rings (SSSR count). The summed E-state index contributed by atoms with van der Waals surface area (Å²) in [5.74, 6) is 0. The van der Waals surface area contributed by atoms with Crippen molar-refractivity contribution < 1.29 is 23.7 Å². The number of amides is 1. The fourth-order valence-electron chi connectivity index (χ4n) is 0.882. The van der Waals surface area contributed by atoms with Crippen molar-refractivity contribution in [2.24, 2.45) is 0 Å². The minimum Gasteiger partial charge on any atom is -0.453 e. The van der Waals surface area contributed by atoms with Crippen LogP contribution in [0.3, 0.4) is 0 Å². The molecule has 0 fully saturated rings. The first-order valence-electron chi connectivity index (χ1n) is 6.36. The molecule has 0 aromatic heterocycles. The topological polar surface area (TPSA) is 66.0 Å². The van der Waals surface area contributed by atoms with Crippen LogP contribution in [0.2, 0.25) is 0 Å². The highest BCUT2D eigenvalue weighted by Crippen LogP contribution is 1.80. The van der Waals surface area contributed by atoms with E-state index in [0.29, 0.717) is 46.2 Å². The fraction of sp³-hybridized carbons (Fsp3) is 0.917. The second-order valence-electron chi connectivity index (χ2n) is 2.84. The lowest BCUT2D eigenvalue weighted by Crippen LogP contribution is -2.27. The van der Waals surface area contributed by atoms with Crippen molar-refractivity contribution in [3.63, 3.8) is 0 Å². The summed E-state index contributed by atoms with van der Waals surface area (Å²) in [6.45, 7) is 9.77. The van der Waals surface area contributed by atoms with Gasteiger partial charge in [-0.25, -0.2) is 4.79 Å². The SMILES string of the molecule is CC.CCOCCOCCOCCNC(=O)OC. The Balaban J connectivity index is 0. The summed E-state index contributed by atoms with van der Waals surface area (Å²) in [7, 11) is 1.32. The third-order valence-electron chi connectivity index (χ3n) is 1.65. The van der Waals surface area contributed by atoms with Gasteiger partial charge >= 0.3 is 6.09 Å². The molecule has 0 aliphatic rings. The van der Waals surface area contributed by atoms with Crippen molar-refractivity contribution in [2.75, 3.05) is 53.3 Å². The minimum absolute atomic E-state index is 0.436. The first-order valence-corrected chi connectivity index (χ1v) is 6.36. The quantitative estimate of drug-likeness (QED) is 0.605. The van der Waals surface area contributed by atoms with Crippen LogP contribution < -0.4 is 5.32 Å². The molecule has 0 saturated heterocycles. The molecule has 0 spiro atoms. The standard InChI is InChI=1S/C10H21NO5.C2H6/c1-3-14-6-7-16-9-8-15-5-4-11-10(12)13-2;1-2/h3-9H2,1-2H3,(H,11,12);1-2H3. The van der Waals surface area contributed by atoms with E-state index in [2.05, 4.69) is 10.1 Å². The second-order valence-corrected chi connectivity index (χ2v) is 2.84. The Morgan fingerprint density at radius 1 is 0.944 bits per heavy atom. The van der Waals surface area contributed by atoms with E-state index < -0.39 is 6.09 Å². The van der Waals surface area contributed by atoms with Crippen LogP contribution in [0.1, 0.15) is 20.8 Å². The van der Waals surface area contributed by atoms with Crippen LogP contribution in [0, 0.1) is 0 Å². The molecule has 0 aromatic carbocycles. The molecule has 1 amide bonds. The highest BCUT2D eigenvalue weighted by molar-refractivity contribution is 5.66. The zero-order valence-electron chi connectivity index (χ0n) is 12.0. The van der Waals surface area contributed by atoms with E-state index in [1.165, 1.54) is 7.11 Å². The molecule has 0 unspecified atom stereocenters. The van der Waals surface area contributed by atoms with E-state index in [-0.39, 0.29) is 0 Å². The molecule has 18 heavy (non-hydrogen) atoms. The van der Waals surface area contributed by atoms with Crippen LogP contribution >= 0.6 is 0 Å². The van der Waals surface area contributed by atoms with Crippen molar-refractivity contribution in [1.82, 2.24) is 5.32 Å². The lowest BCUT2D eigenvalue weighted by Gasteiger charge is -2.06. The molecule has 0 aliphatic carbocycles. The minimum atomic E-state index is -0.448. The largest absolute Gasteiger partial charge is 0.453 e. The van der Waals surface area contributed by atoms with Gasteiger partial charge in [-0.05, 0) is 6.92 Å². The third-order valence-corrected chi connectivity index (χ3v) is 1.65. The van der Waals surface area contributed by atoms with Crippen LogP contribution in [0.4, 0.5) is 4.79 Å². The molecule has 1 N–H and O–H groups in total. The van der Waals surface area contributed by atoms with Crippen molar-refractivity contribution in [2.45, 2.75) is 20.8 Å². The van der Waals surface area contributed by atoms with Gasteiger partial charge in [0.2, 0.25) is 0 Å². The Labute approximate surface area is 110 Å². The fourth-order valence-corrected chi connectivity index (χ4v) is 0.882. The van der Waals surface area contributed by atoms with E-state index in [0.717, 1.165) is 0 Å². The first-order chi connectivity index (χ1) is 8.81. The van der Waals surface area contributed by atoms with Crippen LogP contribution in [0.25, 0.3) is 0 Å². The Kier molecular flexibility index (Phi) is 20.0. The van der Waals surface area contributed by atoms with Crippen molar-refractivity contribution in [3.05, 3.63) is 0 Å². The summed E-state index contributed by atoms with van der Waals surface area (Å²) < 4.78 is 19.9. The molecule has 6 heteroatoms. The van der Waals surface area contributed by atoms with Crippen LogP contribution in [0.5, 0.6) is 0 Å². The van der Waals surface area contributed by atoms with E-state index in [4.69, 9.17) is 14.2 Å². The van der Waals surface area contributed by atoms with Crippen molar-refractivity contribution in [1.29, 1.82) is 0 Å². The predicted octanol–water partition coefficient (Wildman–Crippen LogP) is 1.44. The molecule has 0 atom stereocenters. The zero-order chi connectivity index (χ0) is 14.1. The summed E-state index contributed by atoms with van der Waals surface area (Å²) in [6.07, 6.45) is -0.448. The van der Waals surface area contributed by atoms with Gasteiger partial charge < -0.3 is 24.3 Å². The van der Waals surface area contributed by atoms with Gasteiger partial charge in [-0.1, -0.05) is 13.8 Å².